The van der Waals surface area contributed by atoms with Crippen LogP contribution in [0.15, 0.2) is 42.9 Å². The van der Waals surface area contributed by atoms with Crippen molar-refractivity contribution in [3.8, 4) is 5.69 Å². The molecule has 2 fully saturated rings. The average molecular weight is 393 g/mol. The summed E-state index contributed by atoms with van der Waals surface area (Å²) in [6.45, 7) is 4.77. The van der Waals surface area contributed by atoms with Crippen molar-refractivity contribution in [2.24, 2.45) is 7.05 Å². The molecule has 4 heterocycles. The maximum absolute atomic E-state index is 13.3. The Bertz CT molecular complexity index is 1020. The lowest BCUT2D eigenvalue weighted by Crippen LogP contribution is -2.60. The second-order valence-electron chi connectivity index (χ2n) is 8.12. The van der Waals surface area contributed by atoms with Crippen LogP contribution in [0.4, 0.5) is 0 Å². The Balaban J connectivity index is 1.42. The molecule has 2 aliphatic heterocycles. The SMILES string of the molecule is CCN1[C@@H]2COC[C@H]1C[C@@H](NC(=O)c1cn(-c3cnn(C)c3)c3ccccc13)C2. The molecule has 2 saturated heterocycles. The maximum atomic E-state index is 13.3. The van der Waals surface area contributed by atoms with E-state index in [0.717, 1.165) is 49.2 Å². The van der Waals surface area contributed by atoms with E-state index in [4.69, 9.17) is 4.74 Å². The molecule has 2 aliphatic rings. The second kappa shape index (κ2) is 7.31. The van der Waals surface area contributed by atoms with Gasteiger partial charge in [-0.15, -0.1) is 0 Å². The third kappa shape index (κ3) is 3.24. The van der Waals surface area contributed by atoms with E-state index in [2.05, 4.69) is 22.2 Å². The molecule has 2 bridgehead atoms. The third-order valence-corrected chi connectivity index (χ3v) is 6.30. The molecule has 3 atom stereocenters. The van der Waals surface area contributed by atoms with Gasteiger partial charge in [0.25, 0.3) is 5.91 Å². The summed E-state index contributed by atoms with van der Waals surface area (Å²) in [4.78, 5) is 15.8. The van der Waals surface area contributed by atoms with Crippen molar-refractivity contribution in [1.29, 1.82) is 0 Å². The minimum absolute atomic E-state index is 0.00205. The highest BCUT2D eigenvalue weighted by molar-refractivity contribution is 6.07. The smallest absolute Gasteiger partial charge is 0.253 e. The van der Waals surface area contributed by atoms with E-state index >= 15 is 0 Å². The Labute approximate surface area is 170 Å². The zero-order valence-corrected chi connectivity index (χ0v) is 16.9. The first kappa shape index (κ1) is 18.4. The summed E-state index contributed by atoms with van der Waals surface area (Å²) in [6.07, 6.45) is 7.59. The standard InChI is InChI=1S/C22H27N5O2/c1-3-26-16-8-15(9-17(26)14-29-13-16)24-22(28)20-12-27(18-10-23-25(2)11-18)21-7-5-4-6-19(20)21/h4-7,10-12,15-17H,3,8-9,13-14H2,1-2H3,(H,24,28)/t15-,16-,17+. The molecule has 29 heavy (non-hydrogen) atoms. The number of benzene rings is 1. The van der Waals surface area contributed by atoms with E-state index in [1.54, 1.807) is 4.68 Å². The molecule has 0 unspecified atom stereocenters. The summed E-state index contributed by atoms with van der Waals surface area (Å²) in [7, 11) is 1.89. The Morgan fingerprint density at radius 1 is 1.21 bits per heavy atom. The van der Waals surface area contributed by atoms with E-state index in [1.165, 1.54) is 0 Å². The van der Waals surface area contributed by atoms with Crippen molar-refractivity contribution in [3.63, 3.8) is 0 Å². The van der Waals surface area contributed by atoms with Gasteiger partial charge in [-0.05, 0) is 25.5 Å². The van der Waals surface area contributed by atoms with Gasteiger partial charge in [-0.25, -0.2) is 0 Å². The number of aryl methyl sites for hydroxylation is 1. The topological polar surface area (TPSA) is 64.3 Å². The average Bonchev–Trinajstić information content (AvgIpc) is 3.31. The lowest BCUT2D eigenvalue weighted by Gasteiger charge is -2.48. The normalized spacial score (nSPS) is 24.7. The number of aromatic nitrogens is 3. The van der Waals surface area contributed by atoms with E-state index in [1.807, 2.05) is 54.5 Å². The number of nitrogens with one attached hydrogen (secondary N) is 1. The van der Waals surface area contributed by atoms with Gasteiger partial charge in [-0.3, -0.25) is 14.4 Å². The van der Waals surface area contributed by atoms with E-state index < -0.39 is 0 Å². The number of ether oxygens (including phenoxy) is 1. The van der Waals surface area contributed by atoms with Crippen LogP contribution in [-0.2, 0) is 11.8 Å². The number of piperidine rings is 1. The van der Waals surface area contributed by atoms with Crippen LogP contribution in [0.2, 0.25) is 0 Å². The predicted molar refractivity (Wildman–Crippen MR) is 111 cm³/mol. The van der Waals surface area contributed by atoms with Crippen molar-refractivity contribution in [1.82, 2.24) is 24.6 Å². The molecule has 3 aromatic rings. The summed E-state index contributed by atoms with van der Waals surface area (Å²) in [6, 6.07) is 9.01. The number of carbonyl (C=O) groups is 1. The first-order valence-electron chi connectivity index (χ1n) is 10.4. The maximum Gasteiger partial charge on any atom is 0.253 e. The van der Waals surface area contributed by atoms with Crippen molar-refractivity contribution in [2.75, 3.05) is 19.8 Å². The van der Waals surface area contributed by atoms with Crippen LogP contribution in [0, 0.1) is 0 Å². The number of carbonyl (C=O) groups excluding carboxylic acids is 1. The fourth-order valence-electron chi connectivity index (χ4n) is 4.99. The van der Waals surface area contributed by atoms with Gasteiger partial charge in [0.1, 0.15) is 0 Å². The van der Waals surface area contributed by atoms with Crippen LogP contribution in [-0.4, -0.2) is 63.0 Å². The molecule has 2 aromatic heterocycles. The van der Waals surface area contributed by atoms with Crippen molar-refractivity contribution in [3.05, 3.63) is 48.4 Å². The van der Waals surface area contributed by atoms with Gasteiger partial charge in [0, 0.05) is 43.0 Å². The Morgan fingerprint density at radius 2 is 1.97 bits per heavy atom. The van der Waals surface area contributed by atoms with Gasteiger partial charge in [0.05, 0.1) is 36.2 Å². The summed E-state index contributed by atoms with van der Waals surface area (Å²) in [5.41, 5.74) is 2.67. The van der Waals surface area contributed by atoms with Gasteiger partial charge in [0.15, 0.2) is 0 Å². The quantitative estimate of drug-likeness (QED) is 0.739. The van der Waals surface area contributed by atoms with E-state index in [9.17, 15) is 4.79 Å². The lowest BCUT2D eigenvalue weighted by atomic mass is 9.90. The number of amides is 1. The van der Waals surface area contributed by atoms with Crippen molar-refractivity contribution >= 4 is 16.8 Å². The summed E-state index contributed by atoms with van der Waals surface area (Å²) in [5, 5.41) is 8.55. The largest absolute Gasteiger partial charge is 0.378 e. The highest BCUT2D eigenvalue weighted by Gasteiger charge is 2.38. The molecule has 1 N–H and O–H groups in total. The van der Waals surface area contributed by atoms with Crippen LogP contribution in [0.3, 0.4) is 0 Å². The fraction of sp³-hybridized carbons (Fsp3) is 0.455. The predicted octanol–water partition coefficient (Wildman–Crippen LogP) is 2.35. The van der Waals surface area contributed by atoms with Crippen LogP contribution in [0.1, 0.15) is 30.1 Å². The van der Waals surface area contributed by atoms with Gasteiger partial charge in [-0.2, -0.15) is 5.10 Å². The van der Waals surface area contributed by atoms with Gasteiger partial charge >= 0.3 is 0 Å². The number of rotatable bonds is 4. The lowest BCUT2D eigenvalue weighted by molar-refractivity contribution is -0.0774. The Morgan fingerprint density at radius 3 is 2.66 bits per heavy atom. The molecule has 7 heteroatoms. The molecule has 152 valence electrons. The molecule has 0 saturated carbocycles. The molecule has 5 rings (SSSR count). The van der Waals surface area contributed by atoms with Crippen LogP contribution < -0.4 is 5.32 Å². The van der Waals surface area contributed by atoms with Crippen molar-refractivity contribution < 1.29 is 9.53 Å². The number of nitrogens with zero attached hydrogens (tertiary/aromatic N) is 4. The monoisotopic (exact) mass is 393 g/mol. The van der Waals surface area contributed by atoms with Gasteiger partial charge in [-0.1, -0.05) is 25.1 Å². The molecule has 0 spiro atoms. The van der Waals surface area contributed by atoms with E-state index in [-0.39, 0.29) is 11.9 Å². The summed E-state index contributed by atoms with van der Waals surface area (Å²) >= 11 is 0. The van der Waals surface area contributed by atoms with Crippen molar-refractivity contribution in [2.45, 2.75) is 37.9 Å². The van der Waals surface area contributed by atoms with Crippen LogP contribution in [0.5, 0.6) is 0 Å². The zero-order chi connectivity index (χ0) is 20.0. The highest BCUT2D eigenvalue weighted by Crippen LogP contribution is 2.29. The number of morpholine rings is 1. The van der Waals surface area contributed by atoms with Gasteiger partial charge in [0.2, 0.25) is 0 Å². The molecule has 0 radical (unpaired) electrons. The molecule has 1 aromatic carbocycles. The number of hydrogen-bond acceptors (Lipinski definition) is 4. The first-order valence-corrected chi connectivity index (χ1v) is 10.4. The number of hydrogen-bond donors (Lipinski definition) is 1. The first-order chi connectivity index (χ1) is 14.1. The second-order valence-corrected chi connectivity index (χ2v) is 8.12. The molecule has 1 amide bonds. The van der Waals surface area contributed by atoms with Crippen LogP contribution in [0.25, 0.3) is 16.6 Å². The molecular weight excluding hydrogens is 366 g/mol. The van der Waals surface area contributed by atoms with Gasteiger partial charge < -0.3 is 14.6 Å². The summed E-state index contributed by atoms with van der Waals surface area (Å²) in [5.74, 6) is -0.00205. The molecular formula is C22H27N5O2. The Kier molecular flexibility index (Phi) is 4.64. The van der Waals surface area contributed by atoms with Crippen LogP contribution >= 0.6 is 0 Å². The fourth-order valence-corrected chi connectivity index (χ4v) is 4.99. The van der Waals surface area contributed by atoms with E-state index in [0.29, 0.717) is 17.6 Å². The third-order valence-electron chi connectivity index (χ3n) is 6.30. The number of likely N-dealkylation sites (N-methyl/N-ethyl adjacent to an activating group) is 1. The minimum atomic E-state index is -0.00205. The highest BCUT2D eigenvalue weighted by atomic mass is 16.5. The Hall–Kier alpha value is -2.64. The zero-order valence-electron chi connectivity index (χ0n) is 16.9. The number of para-hydroxylation sites is 1. The minimum Gasteiger partial charge on any atom is -0.378 e. The molecule has 0 aliphatic carbocycles. The summed E-state index contributed by atoms with van der Waals surface area (Å²) < 4.78 is 9.56. The molecule has 7 nitrogen and oxygen atoms in total. The number of fused-ring (bicyclic) bond motifs is 3.